The maximum Gasteiger partial charge on any atom is 0.371 e. The molecule has 1 aliphatic heterocycles. The van der Waals surface area contributed by atoms with Gasteiger partial charge < -0.3 is 9.52 Å². The van der Waals surface area contributed by atoms with Crippen molar-refractivity contribution in [3.8, 4) is 0 Å². The van der Waals surface area contributed by atoms with Gasteiger partial charge >= 0.3 is 5.97 Å². The van der Waals surface area contributed by atoms with Crippen LogP contribution in [0.5, 0.6) is 0 Å². The van der Waals surface area contributed by atoms with E-state index in [4.69, 9.17) is 9.52 Å². The van der Waals surface area contributed by atoms with Gasteiger partial charge in [-0.3, -0.25) is 4.90 Å². The molecule has 1 N–H and O–H groups in total. The van der Waals surface area contributed by atoms with Gasteiger partial charge in [0.2, 0.25) is 5.76 Å². The topological polar surface area (TPSA) is 53.7 Å². The molecule has 1 atom stereocenters. The van der Waals surface area contributed by atoms with Crippen LogP contribution in [0.2, 0.25) is 0 Å². The zero-order valence-corrected chi connectivity index (χ0v) is 10.2. The highest BCUT2D eigenvalue weighted by atomic mass is 16.4. The SMILES string of the molecule is CC1CCCN(Cc2ccc(C(=O)O)o2)CC1. The Labute approximate surface area is 101 Å². The number of carboxylic acids is 1. The Morgan fingerprint density at radius 1 is 1.47 bits per heavy atom. The van der Waals surface area contributed by atoms with Crippen molar-refractivity contribution in [1.29, 1.82) is 0 Å². The fourth-order valence-electron chi connectivity index (χ4n) is 2.28. The number of hydrogen-bond acceptors (Lipinski definition) is 3. The first-order valence-corrected chi connectivity index (χ1v) is 6.19. The van der Waals surface area contributed by atoms with Gasteiger partial charge in [-0.05, 0) is 50.4 Å². The quantitative estimate of drug-likeness (QED) is 0.878. The Morgan fingerprint density at radius 3 is 3.00 bits per heavy atom. The lowest BCUT2D eigenvalue weighted by atomic mass is 10.0. The predicted molar refractivity (Wildman–Crippen MR) is 64.0 cm³/mol. The van der Waals surface area contributed by atoms with Crippen molar-refractivity contribution in [1.82, 2.24) is 4.90 Å². The van der Waals surface area contributed by atoms with Crippen molar-refractivity contribution < 1.29 is 14.3 Å². The normalized spacial score (nSPS) is 22.3. The first-order chi connectivity index (χ1) is 8.15. The van der Waals surface area contributed by atoms with Crippen LogP contribution in [0.25, 0.3) is 0 Å². The van der Waals surface area contributed by atoms with E-state index in [1.165, 1.54) is 25.3 Å². The summed E-state index contributed by atoms with van der Waals surface area (Å²) in [6.07, 6.45) is 3.72. The number of aromatic carboxylic acids is 1. The highest BCUT2D eigenvalue weighted by molar-refractivity contribution is 5.84. The summed E-state index contributed by atoms with van der Waals surface area (Å²) in [5.41, 5.74) is 0. The molecular formula is C13H19NO3. The average molecular weight is 237 g/mol. The summed E-state index contributed by atoms with van der Waals surface area (Å²) in [5, 5.41) is 8.78. The summed E-state index contributed by atoms with van der Waals surface area (Å²) >= 11 is 0. The minimum absolute atomic E-state index is 0.0307. The third-order valence-electron chi connectivity index (χ3n) is 3.36. The lowest BCUT2D eigenvalue weighted by Crippen LogP contribution is -2.23. The molecule has 0 aromatic carbocycles. The maximum atomic E-state index is 10.7. The summed E-state index contributed by atoms with van der Waals surface area (Å²) in [6.45, 7) is 5.16. The van der Waals surface area contributed by atoms with Gasteiger partial charge in [0.15, 0.2) is 0 Å². The van der Waals surface area contributed by atoms with E-state index in [1.54, 1.807) is 6.07 Å². The molecule has 0 spiro atoms. The second kappa shape index (κ2) is 5.36. The van der Waals surface area contributed by atoms with E-state index in [9.17, 15) is 4.79 Å². The first kappa shape index (κ1) is 12.2. The molecule has 4 heteroatoms. The molecule has 0 bridgehead atoms. The molecule has 0 amide bonds. The highest BCUT2D eigenvalue weighted by Gasteiger charge is 2.16. The molecular weight excluding hydrogens is 218 g/mol. The van der Waals surface area contributed by atoms with Crippen LogP contribution in [-0.4, -0.2) is 29.1 Å². The van der Waals surface area contributed by atoms with Crippen LogP contribution in [0.15, 0.2) is 16.5 Å². The van der Waals surface area contributed by atoms with Crippen molar-refractivity contribution in [3.63, 3.8) is 0 Å². The molecule has 94 valence electrons. The Balaban J connectivity index is 1.93. The number of carbonyl (C=O) groups is 1. The van der Waals surface area contributed by atoms with Crippen LogP contribution in [0.1, 0.15) is 42.5 Å². The summed E-state index contributed by atoms with van der Waals surface area (Å²) in [5.74, 6) is 0.576. The number of rotatable bonds is 3. The number of furan rings is 1. The van der Waals surface area contributed by atoms with Gasteiger partial charge in [-0.25, -0.2) is 4.79 Å². The molecule has 1 aromatic heterocycles. The van der Waals surface area contributed by atoms with E-state index >= 15 is 0 Å². The van der Waals surface area contributed by atoms with Crippen LogP contribution in [0.3, 0.4) is 0 Å². The van der Waals surface area contributed by atoms with Crippen molar-refractivity contribution in [3.05, 3.63) is 23.7 Å². The maximum absolute atomic E-state index is 10.7. The van der Waals surface area contributed by atoms with Crippen molar-refractivity contribution in [2.24, 2.45) is 5.92 Å². The molecule has 1 fully saturated rings. The second-order valence-electron chi connectivity index (χ2n) is 4.88. The molecule has 0 aliphatic carbocycles. The molecule has 1 aliphatic rings. The minimum Gasteiger partial charge on any atom is -0.475 e. The van der Waals surface area contributed by atoms with E-state index in [-0.39, 0.29) is 5.76 Å². The molecule has 1 aromatic rings. The largest absolute Gasteiger partial charge is 0.475 e. The summed E-state index contributed by atoms with van der Waals surface area (Å²) in [4.78, 5) is 13.0. The third kappa shape index (κ3) is 3.33. The third-order valence-corrected chi connectivity index (χ3v) is 3.36. The summed E-state index contributed by atoms with van der Waals surface area (Å²) in [6, 6.07) is 3.29. The monoisotopic (exact) mass is 237 g/mol. The summed E-state index contributed by atoms with van der Waals surface area (Å²) < 4.78 is 5.27. The Morgan fingerprint density at radius 2 is 2.29 bits per heavy atom. The van der Waals surface area contributed by atoms with Gasteiger partial charge in [0.1, 0.15) is 5.76 Å². The van der Waals surface area contributed by atoms with Crippen LogP contribution in [0, 0.1) is 5.92 Å². The van der Waals surface area contributed by atoms with E-state index < -0.39 is 5.97 Å². The number of carboxylic acid groups (broad SMARTS) is 1. The van der Waals surface area contributed by atoms with Gasteiger partial charge in [0.25, 0.3) is 0 Å². The van der Waals surface area contributed by atoms with Crippen LogP contribution in [0.4, 0.5) is 0 Å². The molecule has 4 nitrogen and oxygen atoms in total. The number of hydrogen-bond donors (Lipinski definition) is 1. The van der Waals surface area contributed by atoms with Gasteiger partial charge in [0.05, 0.1) is 6.54 Å². The van der Waals surface area contributed by atoms with E-state index in [0.29, 0.717) is 0 Å². The zero-order chi connectivity index (χ0) is 12.3. The summed E-state index contributed by atoms with van der Waals surface area (Å²) in [7, 11) is 0. The Kier molecular flexibility index (Phi) is 3.84. The Hall–Kier alpha value is -1.29. The molecule has 17 heavy (non-hydrogen) atoms. The Bertz CT molecular complexity index is 386. The minimum atomic E-state index is -0.999. The lowest BCUT2D eigenvalue weighted by Gasteiger charge is -2.18. The van der Waals surface area contributed by atoms with E-state index in [0.717, 1.165) is 31.3 Å². The van der Waals surface area contributed by atoms with Gasteiger partial charge in [-0.15, -0.1) is 0 Å². The standard InChI is InChI=1S/C13H19NO3/c1-10-3-2-7-14(8-6-10)9-11-4-5-12(17-11)13(15)16/h4-5,10H,2-3,6-9H2,1H3,(H,15,16). The number of likely N-dealkylation sites (tertiary alicyclic amines) is 1. The van der Waals surface area contributed by atoms with E-state index in [1.807, 2.05) is 0 Å². The second-order valence-corrected chi connectivity index (χ2v) is 4.88. The van der Waals surface area contributed by atoms with Crippen molar-refractivity contribution >= 4 is 5.97 Å². The van der Waals surface area contributed by atoms with Crippen molar-refractivity contribution in [2.45, 2.75) is 32.7 Å². The van der Waals surface area contributed by atoms with Gasteiger partial charge in [0, 0.05) is 0 Å². The molecule has 0 saturated carbocycles. The molecule has 2 rings (SSSR count). The van der Waals surface area contributed by atoms with Gasteiger partial charge in [-0.2, -0.15) is 0 Å². The fraction of sp³-hybridized carbons (Fsp3) is 0.615. The van der Waals surface area contributed by atoms with E-state index in [2.05, 4.69) is 11.8 Å². The van der Waals surface area contributed by atoms with Crippen molar-refractivity contribution in [2.75, 3.05) is 13.1 Å². The lowest BCUT2D eigenvalue weighted by molar-refractivity contribution is 0.0658. The average Bonchev–Trinajstić information content (AvgIpc) is 2.65. The molecule has 2 heterocycles. The zero-order valence-electron chi connectivity index (χ0n) is 10.2. The first-order valence-electron chi connectivity index (χ1n) is 6.19. The number of nitrogens with zero attached hydrogens (tertiary/aromatic N) is 1. The fourth-order valence-corrected chi connectivity index (χ4v) is 2.28. The van der Waals surface area contributed by atoms with Crippen LogP contribution in [-0.2, 0) is 6.54 Å². The molecule has 1 unspecified atom stereocenters. The van der Waals surface area contributed by atoms with Crippen LogP contribution < -0.4 is 0 Å². The predicted octanol–water partition coefficient (Wildman–Crippen LogP) is 2.60. The van der Waals surface area contributed by atoms with Crippen LogP contribution >= 0.6 is 0 Å². The molecule has 0 radical (unpaired) electrons. The van der Waals surface area contributed by atoms with Gasteiger partial charge in [-0.1, -0.05) is 6.92 Å². The smallest absolute Gasteiger partial charge is 0.371 e. The highest BCUT2D eigenvalue weighted by Crippen LogP contribution is 2.19. The molecule has 1 saturated heterocycles.